The average molecular weight is 186 g/mol. The normalized spacial score (nSPS) is 11.2. The van der Waals surface area contributed by atoms with Crippen molar-refractivity contribution < 1.29 is 0 Å². The van der Waals surface area contributed by atoms with E-state index >= 15 is 0 Å². The van der Waals surface area contributed by atoms with Crippen LogP contribution >= 0.6 is 11.6 Å². The number of hydrogen-bond donors (Lipinski definition) is 0. The molecule has 0 saturated heterocycles. The van der Waals surface area contributed by atoms with Gasteiger partial charge >= 0.3 is 0 Å². The molecule has 0 unspecified atom stereocenters. The van der Waals surface area contributed by atoms with Crippen molar-refractivity contribution >= 4 is 11.6 Å². The van der Waals surface area contributed by atoms with E-state index in [1.165, 1.54) is 0 Å². The van der Waals surface area contributed by atoms with Crippen LogP contribution in [0.3, 0.4) is 0 Å². The second-order valence-corrected chi connectivity index (χ2v) is 2.92. The fraction of sp³-hybridized carbons (Fsp3) is 0.400. The van der Waals surface area contributed by atoms with Gasteiger partial charge < -0.3 is 4.90 Å². The van der Waals surface area contributed by atoms with Gasteiger partial charge in [-0.3, -0.25) is 0 Å². The lowest BCUT2D eigenvalue weighted by Crippen LogP contribution is -2.12. The highest BCUT2D eigenvalue weighted by Crippen LogP contribution is 1.97. The van der Waals surface area contributed by atoms with Crippen LogP contribution in [-0.2, 0) is 0 Å². The molecule has 0 atom stereocenters. The summed E-state index contributed by atoms with van der Waals surface area (Å²) in [5.74, 6) is 0.556. The first-order valence-electron chi connectivity index (χ1n) is 3.94. The molecule has 0 fully saturated rings. The summed E-state index contributed by atoms with van der Waals surface area (Å²) < 4.78 is 0. The Labute approximate surface area is 80.0 Å². The molecule has 0 aromatic carbocycles. The lowest BCUT2D eigenvalue weighted by molar-refractivity contribution is 0.501. The maximum absolute atomic E-state index is 5.49. The largest absolute Gasteiger partial charge is 0.376 e. The van der Waals surface area contributed by atoms with Gasteiger partial charge in [-0.05, 0) is 18.7 Å². The molecule has 0 aromatic heterocycles. The standard InChI is InChI=1S/C10H16ClN/c1-4-6-10(2)9-12(3)8-5-7-11/h4-6,8H,2,7,9H2,1,3H3. The van der Waals surface area contributed by atoms with Gasteiger partial charge in [0.2, 0.25) is 0 Å². The van der Waals surface area contributed by atoms with Crippen LogP contribution in [0.5, 0.6) is 0 Å². The summed E-state index contributed by atoms with van der Waals surface area (Å²) in [4.78, 5) is 2.05. The van der Waals surface area contributed by atoms with E-state index in [0.717, 1.165) is 12.1 Å². The van der Waals surface area contributed by atoms with Crippen LogP contribution < -0.4 is 0 Å². The zero-order valence-corrected chi connectivity index (χ0v) is 8.51. The summed E-state index contributed by atoms with van der Waals surface area (Å²) >= 11 is 5.49. The quantitative estimate of drug-likeness (QED) is 0.471. The van der Waals surface area contributed by atoms with Crippen molar-refractivity contribution in [3.8, 4) is 0 Å². The van der Waals surface area contributed by atoms with E-state index in [4.69, 9.17) is 11.6 Å². The number of hydrogen-bond acceptors (Lipinski definition) is 1. The topological polar surface area (TPSA) is 3.24 Å². The first kappa shape index (κ1) is 11.3. The number of halogens is 1. The Balaban J connectivity index is 3.76. The number of rotatable bonds is 5. The van der Waals surface area contributed by atoms with E-state index in [0.29, 0.717) is 5.88 Å². The molecule has 1 nitrogen and oxygen atoms in total. The van der Waals surface area contributed by atoms with Gasteiger partial charge in [0.05, 0.1) is 0 Å². The van der Waals surface area contributed by atoms with E-state index < -0.39 is 0 Å². The summed E-state index contributed by atoms with van der Waals surface area (Å²) in [5.41, 5.74) is 1.10. The summed E-state index contributed by atoms with van der Waals surface area (Å²) in [6.45, 7) is 6.73. The van der Waals surface area contributed by atoms with E-state index in [2.05, 4.69) is 6.58 Å². The Morgan fingerprint density at radius 3 is 2.75 bits per heavy atom. The molecule has 0 aliphatic heterocycles. The van der Waals surface area contributed by atoms with Crippen LogP contribution in [0.4, 0.5) is 0 Å². The molecule has 0 spiro atoms. The third kappa shape index (κ3) is 6.05. The second-order valence-electron chi connectivity index (χ2n) is 2.61. The van der Waals surface area contributed by atoms with Gasteiger partial charge in [0, 0.05) is 19.5 Å². The fourth-order valence-electron chi connectivity index (χ4n) is 0.881. The molecule has 0 heterocycles. The van der Waals surface area contributed by atoms with Crippen molar-refractivity contribution in [3.63, 3.8) is 0 Å². The Kier molecular flexibility index (Phi) is 6.58. The fourth-order valence-corrected chi connectivity index (χ4v) is 0.961. The molecule has 0 aliphatic rings. The maximum Gasteiger partial charge on any atom is 0.0421 e. The first-order chi connectivity index (χ1) is 5.70. The highest BCUT2D eigenvalue weighted by Gasteiger charge is 1.91. The molecule has 12 heavy (non-hydrogen) atoms. The third-order valence-corrected chi connectivity index (χ3v) is 1.48. The molecule has 2 heteroatoms. The van der Waals surface area contributed by atoms with Crippen molar-refractivity contribution in [2.24, 2.45) is 0 Å². The molecule has 0 rings (SSSR count). The highest BCUT2D eigenvalue weighted by atomic mass is 35.5. The summed E-state index contributed by atoms with van der Waals surface area (Å²) in [6.07, 6.45) is 7.86. The number of nitrogens with zero attached hydrogens (tertiary/aromatic N) is 1. The number of alkyl halides is 1. The number of allylic oxidation sites excluding steroid dienone is 2. The van der Waals surface area contributed by atoms with Crippen LogP contribution in [0.25, 0.3) is 0 Å². The highest BCUT2D eigenvalue weighted by molar-refractivity contribution is 6.18. The maximum atomic E-state index is 5.49. The lowest BCUT2D eigenvalue weighted by Gasteiger charge is -2.13. The van der Waals surface area contributed by atoms with E-state index in [9.17, 15) is 0 Å². The van der Waals surface area contributed by atoms with Crippen LogP contribution in [0, 0.1) is 0 Å². The van der Waals surface area contributed by atoms with Gasteiger partial charge in [0.25, 0.3) is 0 Å². The zero-order valence-electron chi connectivity index (χ0n) is 7.76. The van der Waals surface area contributed by atoms with E-state index in [1.807, 2.05) is 43.3 Å². The van der Waals surface area contributed by atoms with Gasteiger partial charge in [-0.1, -0.05) is 24.8 Å². The van der Waals surface area contributed by atoms with Crippen molar-refractivity contribution in [1.29, 1.82) is 0 Å². The summed E-state index contributed by atoms with van der Waals surface area (Å²) in [7, 11) is 2.00. The minimum absolute atomic E-state index is 0.556. The minimum Gasteiger partial charge on any atom is -0.376 e. The second kappa shape index (κ2) is 6.99. The molecule has 0 saturated carbocycles. The summed E-state index contributed by atoms with van der Waals surface area (Å²) in [5, 5.41) is 0. The lowest BCUT2D eigenvalue weighted by atomic mass is 10.2. The van der Waals surface area contributed by atoms with Gasteiger partial charge in [-0.2, -0.15) is 0 Å². The van der Waals surface area contributed by atoms with E-state index in [1.54, 1.807) is 0 Å². The Morgan fingerprint density at radius 1 is 1.58 bits per heavy atom. The Morgan fingerprint density at radius 2 is 2.25 bits per heavy atom. The predicted octanol–water partition coefficient (Wildman–Crippen LogP) is 2.80. The average Bonchev–Trinajstić information content (AvgIpc) is 2.01. The van der Waals surface area contributed by atoms with E-state index in [-0.39, 0.29) is 0 Å². The minimum atomic E-state index is 0.556. The SMILES string of the molecule is C=C(C=CC)CN(C)C=CCCl. The van der Waals surface area contributed by atoms with Gasteiger partial charge in [0.1, 0.15) is 0 Å². The van der Waals surface area contributed by atoms with Crippen molar-refractivity contribution in [1.82, 2.24) is 4.90 Å². The van der Waals surface area contributed by atoms with Crippen LogP contribution in [0.2, 0.25) is 0 Å². The van der Waals surface area contributed by atoms with Crippen LogP contribution in [0.1, 0.15) is 6.92 Å². The molecule has 0 N–H and O–H groups in total. The first-order valence-corrected chi connectivity index (χ1v) is 4.47. The van der Waals surface area contributed by atoms with Gasteiger partial charge in [-0.15, -0.1) is 11.6 Å². The third-order valence-electron chi connectivity index (χ3n) is 1.30. The van der Waals surface area contributed by atoms with Gasteiger partial charge in [-0.25, -0.2) is 0 Å². The zero-order chi connectivity index (χ0) is 9.40. The molecule has 0 amide bonds. The monoisotopic (exact) mass is 185 g/mol. The molecule has 68 valence electrons. The Bertz CT molecular complexity index is 182. The molecule has 0 radical (unpaired) electrons. The van der Waals surface area contributed by atoms with Crippen molar-refractivity contribution in [2.45, 2.75) is 6.92 Å². The molecular formula is C10H16ClN. The molecule has 0 aliphatic carbocycles. The predicted molar refractivity (Wildman–Crippen MR) is 56.4 cm³/mol. The molecule has 0 bridgehead atoms. The van der Waals surface area contributed by atoms with Crippen molar-refractivity contribution in [3.05, 3.63) is 36.6 Å². The summed E-state index contributed by atoms with van der Waals surface area (Å²) in [6, 6.07) is 0. The Hall–Kier alpha value is -0.690. The van der Waals surface area contributed by atoms with Crippen LogP contribution in [-0.4, -0.2) is 24.4 Å². The molecular weight excluding hydrogens is 170 g/mol. The van der Waals surface area contributed by atoms with Crippen molar-refractivity contribution in [2.75, 3.05) is 19.5 Å². The smallest absolute Gasteiger partial charge is 0.0421 e. The van der Waals surface area contributed by atoms with Gasteiger partial charge in [0.15, 0.2) is 0 Å². The van der Waals surface area contributed by atoms with Crippen LogP contribution in [0.15, 0.2) is 36.6 Å². The molecule has 0 aromatic rings. The number of likely N-dealkylation sites (N-methyl/N-ethyl adjacent to an activating group) is 1.